The van der Waals surface area contributed by atoms with Gasteiger partial charge in [-0.15, -0.1) is 0 Å². The third kappa shape index (κ3) is 3.70. The zero-order valence-electron chi connectivity index (χ0n) is 14.9. The van der Waals surface area contributed by atoms with Crippen molar-refractivity contribution in [2.45, 2.75) is 19.1 Å². The molecule has 4 rings (SSSR count). The van der Waals surface area contributed by atoms with Crippen molar-refractivity contribution in [1.29, 1.82) is 0 Å². The minimum absolute atomic E-state index is 0.0514. The Balaban J connectivity index is 1.47. The molecule has 0 radical (unpaired) electrons. The van der Waals surface area contributed by atoms with Crippen LogP contribution in [0, 0.1) is 0 Å². The Kier molecular flexibility index (Phi) is 4.41. The summed E-state index contributed by atoms with van der Waals surface area (Å²) in [5.41, 5.74) is 0.440. The van der Waals surface area contributed by atoms with Gasteiger partial charge < -0.3 is 14.8 Å². The minimum atomic E-state index is -1.01. The lowest BCUT2D eigenvalue weighted by Gasteiger charge is -2.21. The van der Waals surface area contributed by atoms with Crippen LogP contribution in [0.3, 0.4) is 0 Å². The fraction of sp³-hybridized carbons (Fsp3) is 0.263. The SMILES string of the molecule is CN1OC(C)(CC(=O)Nc2ccc3c(c2)OCO3)N=C1c1cccc(Cl)c1. The second-order valence-corrected chi connectivity index (χ2v) is 6.94. The molecule has 7 nitrogen and oxygen atoms in total. The number of ether oxygens (including phenoxy) is 2. The Morgan fingerprint density at radius 2 is 2.07 bits per heavy atom. The van der Waals surface area contributed by atoms with Gasteiger partial charge in [0.05, 0.1) is 6.42 Å². The van der Waals surface area contributed by atoms with Crippen LogP contribution in [0.4, 0.5) is 5.69 Å². The van der Waals surface area contributed by atoms with E-state index in [1.54, 1.807) is 49.4 Å². The summed E-state index contributed by atoms with van der Waals surface area (Å²) in [5, 5.41) is 5.00. The number of amidine groups is 1. The lowest BCUT2D eigenvalue weighted by molar-refractivity contribution is -0.164. The lowest BCUT2D eigenvalue weighted by atomic mass is 10.1. The Bertz CT molecular complexity index is 933. The van der Waals surface area contributed by atoms with Gasteiger partial charge in [0.1, 0.15) is 0 Å². The summed E-state index contributed by atoms with van der Waals surface area (Å²) in [6, 6.07) is 12.6. The Morgan fingerprint density at radius 3 is 2.89 bits per heavy atom. The fourth-order valence-corrected chi connectivity index (χ4v) is 3.27. The van der Waals surface area contributed by atoms with Gasteiger partial charge in [0.25, 0.3) is 0 Å². The third-order valence-corrected chi connectivity index (χ3v) is 4.44. The molecule has 1 atom stereocenters. The van der Waals surface area contributed by atoms with Crippen LogP contribution in [-0.4, -0.2) is 36.4 Å². The predicted molar refractivity (Wildman–Crippen MR) is 101 cm³/mol. The lowest BCUT2D eigenvalue weighted by Crippen LogP contribution is -2.32. The molecular formula is C19H18ClN3O4. The smallest absolute Gasteiger partial charge is 0.231 e. The minimum Gasteiger partial charge on any atom is -0.454 e. The normalized spacial score (nSPS) is 20.6. The maximum Gasteiger partial charge on any atom is 0.231 e. The second-order valence-electron chi connectivity index (χ2n) is 6.50. The zero-order valence-corrected chi connectivity index (χ0v) is 15.6. The molecule has 1 N–H and O–H groups in total. The topological polar surface area (TPSA) is 72.4 Å². The van der Waals surface area contributed by atoms with Crippen molar-refractivity contribution in [1.82, 2.24) is 5.06 Å². The average Bonchev–Trinajstić information content (AvgIpc) is 3.18. The van der Waals surface area contributed by atoms with E-state index < -0.39 is 5.72 Å². The fourth-order valence-electron chi connectivity index (χ4n) is 3.08. The van der Waals surface area contributed by atoms with E-state index in [-0.39, 0.29) is 19.1 Å². The molecule has 1 unspecified atom stereocenters. The van der Waals surface area contributed by atoms with Crippen molar-refractivity contribution in [3.05, 3.63) is 53.1 Å². The molecule has 0 aliphatic carbocycles. The Hall–Kier alpha value is -2.77. The van der Waals surface area contributed by atoms with E-state index in [0.717, 1.165) is 5.56 Å². The number of anilines is 1. The van der Waals surface area contributed by atoms with Crippen molar-refractivity contribution < 1.29 is 19.1 Å². The van der Waals surface area contributed by atoms with E-state index in [1.165, 1.54) is 0 Å². The first kappa shape index (κ1) is 17.6. The quantitative estimate of drug-likeness (QED) is 0.870. The summed E-state index contributed by atoms with van der Waals surface area (Å²) in [7, 11) is 1.75. The zero-order chi connectivity index (χ0) is 19.0. The van der Waals surface area contributed by atoms with Crippen molar-refractivity contribution in [3.63, 3.8) is 0 Å². The molecule has 0 saturated heterocycles. The number of halogens is 1. The van der Waals surface area contributed by atoms with Crippen LogP contribution in [0.15, 0.2) is 47.5 Å². The van der Waals surface area contributed by atoms with Crippen LogP contribution >= 0.6 is 11.6 Å². The largest absolute Gasteiger partial charge is 0.454 e. The summed E-state index contributed by atoms with van der Waals surface area (Å²) >= 11 is 6.06. The number of amides is 1. The number of fused-ring (bicyclic) bond motifs is 1. The van der Waals surface area contributed by atoms with Gasteiger partial charge in [0, 0.05) is 29.4 Å². The number of carbonyl (C=O) groups is 1. The van der Waals surface area contributed by atoms with E-state index in [0.29, 0.717) is 28.0 Å². The molecule has 0 bridgehead atoms. The molecule has 8 heteroatoms. The molecule has 0 saturated carbocycles. The van der Waals surface area contributed by atoms with E-state index in [4.69, 9.17) is 25.9 Å². The summed E-state index contributed by atoms with van der Waals surface area (Å²) < 4.78 is 10.6. The summed E-state index contributed by atoms with van der Waals surface area (Å²) in [4.78, 5) is 22.9. The summed E-state index contributed by atoms with van der Waals surface area (Å²) in [6.07, 6.45) is 0.0514. The molecule has 0 fully saturated rings. The number of aliphatic imine (C=N–C) groups is 1. The molecule has 1 amide bonds. The average molecular weight is 388 g/mol. The Labute approximate surface area is 161 Å². The van der Waals surface area contributed by atoms with E-state index >= 15 is 0 Å². The number of carbonyl (C=O) groups excluding carboxylic acids is 1. The van der Waals surface area contributed by atoms with Crippen molar-refractivity contribution >= 4 is 29.0 Å². The number of hydrogen-bond donors (Lipinski definition) is 1. The van der Waals surface area contributed by atoms with Crippen LogP contribution in [0.2, 0.25) is 5.02 Å². The highest BCUT2D eigenvalue weighted by Gasteiger charge is 2.38. The second kappa shape index (κ2) is 6.75. The molecule has 2 aliphatic rings. The highest BCUT2D eigenvalue weighted by atomic mass is 35.5. The maximum atomic E-state index is 12.5. The van der Waals surface area contributed by atoms with Gasteiger partial charge in [-0.25, -0.2) is 14.9 Å². The number of hydroxylamine groups is 2. The van der Waals surface area contributed by atoms with Crippen molar-refractivity contribution in [3.8, 4) is 11.5 Å². The van der Waals surface area contributed by atoms with Gasteiger partial charge in [-0.1, -0.05) is 23.7 Å². The highest BCUT2D eigenvalue weighted by molar-refractivity contribution is 6.31. The first-order valence-corrected chi connectivity index (χ1v) is 8.78. The molecule has 2 aliphatic heterocycles. The van der Waals surface area contributed by atoms with Crippen molar-refractivity contribution in [2.75, 3.05) is 19.2 Å². The van der Waals surface area contributed by atoms with Crippen LogP contribution in [0.5, 0.6) is 11.5 Å². The number of nitrogens with one attached hydrogen (secondary N) is 1. The third-order valence-electron chi connectivity index (χ3n) is 4.20. The molecule has 140 valence electrons. The molecule has 2 aromatic carbocycles. The Morgan fingerprint density at radius 1 is 1.26 bits per heavy atom. The van der Waals surface area contributed by atoms with Crippen LogP contribution < -0.4 is 14.8 Å². The van der Waals surface area contributed by atoms with Crippen LogP contribution in [0.1, 0.15) is 18.9 Å². The summed E-state index contributed by atoms with van der Waals surface area (Å²) in [6.45, 7) is 1.95. The first-order chi connectivity index (χ1) is 12.9. The molecule has 2 aromatic rings. The number of nitrogens with zero attached hydrogens (tertiary/aromatic N) is 2. The molecule has 27 heavy (non-hydrogen) atoms. The molecule has 0 spiro atoms. The number of hydrogen-bond acceptors (Lipinski definition) is 6. The van der Waals surface area contributed by atoms with Gasteiger partial charge in [-0.3, -0.25) is 4.79 Å². The summed E-state index contributed by atoms with van der Waals surface area (Å²) in [5.74, 6) is 1.67. The van der Waals surface area contributed by atoms with Crippen molar-refractivity contribution in [2.24, 2.45) is 4.99 Å². The van der Waals surface area contributed by atoms with Gasteiger partial charge in [0.2, 0.25) is 12.7 Å². The standard InChI is InChI=1S/C19H18ClN3O4/c1-19(22-18(23(2)27-19)12-4-3-5-13(20)8-12)10-17(24)21-14-6-7-15-16(9-14)26-11-25-15/h3-9H,10-11H2,1-2H3,(H,21,24). The molecule has 2 heterocycles. The van der Waals surface area contributed by atoms with E-state index in [9.17, 15) is 4.79 Å². The molecular weight excluding hydrogens is 370 g/mol. The van der Waals surface area contributed by atoms with Crippen LogP contribution in [0.25, 0.3) is 0 Å². The first-order valence-electron chi connectivity index (χ1n) is 8.40. The molecule has 0 aromatic heterocycles. The van der Waals surface area contributed by atoms with Gasteiger partial charge in [-0.2, -0.15) is 0 Å². The van der Waals surface area contributed by atoms with E-state index in [1.807, 2.05) is 12.1 Å². The van der Waals surface area contributed by atoms with Gasteiger partial charge in [-0.05, 0) is 31.2 Å². The maximum absolute atomic E-state index is 12.5. The highest BCUT2D eigenvalue weighted by Crippen LogP contribution is 2.35. The van der Waals surface area contributed by atoms with Gasteiger partial charge >= 0.3 is 0 Å². The predicted octanol–water partition coefficient (Wildman–Crippen LogP) is 3.44. The van der Waals surface area contributed by atoms with Gasteiger partial charge in [0.15, 0.2) is 23.1 Å². The number of benzene rings is 2. The van der Waals surface area contributed by atoms with Crippen LogP contribution in [-0.2, 0) is 9.63 Å². The van der Waals surface area contributed by atoms with E-state index in [2.05, 4.69) is 10.3 Å². The monoisotopic (exact) mass is 387 g/mol. The number of rotatable bonds is 4.